The summed E-state index contributed by atoms with van der Waals surface area (Å²) in [6.45, 7) is 6.29. The molecule has 3 aromatic rings. The van der Waals surface area contributed by atoms with Gasteiger partial charge in [-0.25, -0.2) is 4.79 Å². The molecule has 1 heterocycles. The summed E-state index contributed by atoms with van der Waals surface area (Å²) < 4.78 is 18.0. The Morgan fingerprint density at radius 2 is 1.27 bits per heavy atom. The van der Waals surface area contributed by atoms with Gasteiger partial charge < -0.3 is 29.2 Å². The Balaban J connectivity index is 1.62. The number of ether oxygens (including phenoxy) is 2. The van der Waals surface area contributed by atoms with E-state index < -0.39 is 45.0 Å². The average molecular weight is 523 g/mol. The van der Waals surface area contributed by atoms with Crippen LogP contribution in [0.3, 0.4) is 0 Å². The smallest absolute Gasteiger partial charge is 0.340 e. The highest BCUT2D eigenvalue weighted by atomic mass is 28.4. The first kappa shape index (κ1) is 27.2. The number of hydrogen-bond donors (Lipinski definition) is 3. The zero-order valence-corrected chi connectivity index (χ0v) is 22.2. The highest BCUT2D eigenvalue weighted by Gasteiger charge is 2.52. The van der Waals surface area contributed by atoms with Crippen LogP contribution in [0.15, 0.2) is 91.0 Å². The molecule has 196 valence electrons. The third-order valence-electron chi connectivity index (χ3n) is 6.78. The summed E-state index contributed by atoms with van der Waals surface area (Å²) in [6, 6.07) is 28.3. The zero-order chi connectivity index (χ0) is 26.6. The summed E-state index contributed by atoms with van der Waals surface area (Å²) in [5.74, 6) is -0.708. The molecule has 3 N–H and O–H groups in total. The van der Waals surface area contributed by atoms with Crippen molar-refractivity contribution in [3.8, 4) is 0 Å². The summed E-state index contributed by atoms with van der Waals surface area (Å²) in [5, 5.41) is 33.6. The number of rotatable bonds is 7. The molecule has 1 aliphatic rings. The summed E-state index contributed by atoms with van der Waals surface area (Å²) in [4.78, 5) is 12.6. The number of benzene rings is 3. The van der Waals surface area contributed by atoms with Crippen molar-refractivity contribution >= 4 is 24.7 Å². The van der Waals surface area contributed by atoms with E-state index in [2.05, 4.69) is 20.8 Å². The molecule has 0 spiro atoms. The minimum absolute atomic E-state index is 0.0857. The monoisotopic (exact) mass is 522 g/mol. The third-order valence-corrected chi connectivity index (χ3v) is 11.8. The molecular weight excluding hydrogens is 488 g/mol. The van der Waals surface area contributed by atoms with E-state index in [1.165, 1.54) is 0 Å². The number of carbonyl (C=O) groups excluding carboxylic acids is 1. The number of aliphatic hydroxyl groups excluding tert-OH is 3. The first-order chi connectivity index (χ1) is 17.6. The normalized spacial score (nSPS) is 24.4. The fraction of sp³-hybridized carbons (Fsp3) is 0.345. The Hall–Kier alpha value is -2.85. The Labute approximate surface area is 218 Å². The maximum atomic E-state index is 12.6. The molecule has 0 amide bonds. The molecule has 0 aliphatic carbocycles. The lowest BCUT2D eigenvalue weighted by molar-refractivity contribution is -0.284. The fourth-order valence-corrected chi connectivity index (χ4v) is 9.44. The van der Waals surface area contributed by atoms with Gasteiger partial charge >= 0.3 is 5.97 Å². The highest BCUT2D eigenvalue weighted by molar-refractivity contribution is 6.99. The molecule has 1 fully saturated rings. The van der Waals surface area contributed by atoms with Crippen LogP contribution in [0, 0.1) is 0 Å². The molecule has 37 heavy (non-hydrogen) atoms. The molecule has 4 rings (SSSR count). The van der Waals surface area contributed by atoms with Crippen LogP contribution in [-0.2, 0) is 13.9 Å². The summed E-state index contributed by atoms with van der Waals surface area (Å²) in [6.07, 6.45) is -7.17. The molecule has 1 saturated heterocycles. The van der Waals surface area contributed by atoms with E-state index in [1.807, 2.05) is 60.7 Å². The Morgan fingerprint density at radius 3 is 1.76 bits per heavy atom. The van der Waals surface area contributed by atoms with Gasteiger partial charge in [0.15, 0.2) is 0 Å². The lowest BCUT2D eigenvalue weighted by atomic mass is 9.99. The highest BCUT2D eigenvalue weighted by Crippen LogP contribution is 2.37. The molecule has 0 saturated carbocycles. The van der Waals surface area contributed by atoms with Crippen LogP contribution in [-0.4, -0.2) is 66.9 Å². The minimum Gasteiger partial charge on any atom is -0.429 e. The number of hydrogen-bond acceptors (Lipinski definition) is 7. The van der Waals surface area contributed by atoms with E-state index in [0.717, 1.165) is 10.4 Å². The van der Waals surface area contributed by atoms with E-state index in [0.29, 0.717) is 0 Å². The minimum atomic E-state index is -2.95. The zero-order valence-electron chi connectivity index (χ0n) is 21.2. The van der Waals surface area contributed by atoms with Gasteiger partial charge in [-0.1, -0.05) is 99.6 Å². The van der Waals surface area contributed by atoms with Crippen LogP contribution in [0.5, 0.6) is 0 Å². The van der Waals surface area contributed by atoms with Crippen molar-refractivity contribution in [3.63, 3.8) is 0 Å². The first-order valence-corrected chi connectivity index (χ1v) is 14.3. The van der Waals surface area contributed by atoms with Crippen molar-refractivity contribution in [1.82, 2.24) is 0 Å². The van der Waals surface area contributed by atoms with Crippen LogP contribution < -0.4 is 10.4 Å². The molecule has 1 aliphatic heterocycles. The van der Waals surface area contributed by atoms with E-state index in [4.69, 9.17) is 13.9 Å². The van der Waals surface area contributed by atoms with Crippen LogP contribution in [0.4, 0.5) is 0 Å². The van der Waals surface area contributed by atoms with Crippen molar-refractivity contribution in [2.75, 3.05) is 6.61 Å². The molecular formula is C29H34O7Si. The van der Waals surface area contributed by atoms with E-state index in [1.54, 1.807) is 30.3 Å². The number of esters is 1. The molecule has 8 heteroatoms. The van der Waals surface area contributed by atoms with Gasteiger partial charge in [0.25, 0.3) is 8.32 Å². The Kier molecular flexibility index (Phi) is 8.28. The van der Waals surface area contributed by atoms with Crippen molar-refractivity contribution < 1.29 is 34.0 Å². The molecule has 7 nitrogen and oxygen atoms in total. The van der Waals surface area contributed by atoms with E-state index >= 15 is 0 Å². The van der Waals surface area contributed by atoms with Gasteiger partial charge in [-0.05, 0) is 27.5 Å². The van der Waals surface area contributed by atoms with Crippen molar-refractivity contribution in [2.45, 2.75) is 56.5 Å². The fourth-order valence-electron chi connectivity index (χ4n) is 4.87. The van der Waals surface area contributed by atoms with Gasteiger partial charge in [-0.15, -0.1) is 0 Å². The third kappa shape index (κ3) is 5.55. The second-order valence-electron chi connectivity index (χ2n) is 10.3. The van der Waals surface area contributed by atoms with Crippen molar-refractivity contribution in [1.29, 1.82) is 0 Å². The maximum Gasteiger partial charge on any atom is 0.340 e. The standard InChI is InChI=1S/C29H34O7Si/c1-29(2,3)37(21-15-9-5-10-16-21,22-17-11-6-12-18-22)34-19-23-24(30)25(31)26(32)28(35-23)36-27(33)20-13-7-4-8-14-20/h4-18,23-26,28,30-32H,19H2,1-3H3/t23-,24+,25+,26-,28-/m1/s1. The van der Waals surface area contributed by atoms with Crippen LogP contribution in [0.2, 0.25) is 5.04 Å². The van der Waals surface area contributed by atoms with Gasteiger partial charge in [-0.2, -0.15) is 0 Å². The number of carbonyl (C=O) groups is 1. The average Bonchev–Trinajstić information content (AvgIpc) is 2.91. The van der Waals surface area contributed by atoms with Gasteiger partial charge in [0.05, 0.1) is 12.2 Å². The Morgan fingerprint density at radius 1 is 0.784 bits per heavy atom. The molecule has 3 aromatic carbocycles. The Bertz CT molecular complexity index is 1110. The molecule has 5 atom stereocenters. The van der Waals surface area contributed by atoms with Gasteiger partial charge in [0.2, 0.25) is 6.29 Å². The molecule has 0 aromatic heterocycles. The lowest BCUT2D eigenvalue weighted by Gasteiger charge is -2.45. The number of aliphatic hydroxyl groups is 3. The molecule has 0 bridgehead atoms. The van der Waals surface area contributed by atoms with Crippen LogP contribution in [0.1, 0.15) is 31.1 Å². The van der Waals surface area contributed by atoms with Gasteiger partial charge in [-0.3, -0.25) is 0 Å². The van der Waals surface area contributed by atoms with Crippen LogP contribution in [0.25, 0.3) is 0 Å². The molecule has 0 radical (unpaired) electrons. The summed E-state index contributed by atoms with van der Waals surface area (Å²) >= 11 is 0. The quantitative estimate of drug-likeness (QED) is 0.323. The largest absolute Gasteiger partial charge is 0.429 e. The van der Waals surface area contributed by atoms with Crippen molar-refractivity contribution in [2.24, 2.45) is 0 Å². The van der Waals surface area contributed by atoms with Gasteiger partial charge in [0.1, 0.15) is 24.4 Å². The second-order valence-corrected chi connectivity index (χ2v) is 14.6. The molecule has 0 unspecified atom stereocenters. The summed E-state index contributed by atoms with van der Waals surface area (Å²) in [5.41, 5.74) is 0.277. The maximum absolute atomic E-state index is 12.6. The van der Waals surface area contributed by atoms with Gasteiger partial charge in [0, 0.05) is 0 Å². The predicted octanol–water partition coefficient (Wildman–Crippen LogP) is 2.23. The SMILES string of the molecule is CC(C)(C)[Si](OC[C@H]1O[C@H](OC(=O)c2ccccc2)[C@H](O)[C@@H](O)[C@H]1O)(c1ccccc1)c1ccccc1. The summed E-state index contributed by atoms with van der Waals surface area (Å²) in [7, 11) is -2.95. The van der Waals surface area contributed by atoms with Crippen molar-refractivity contribution in [3.05, 3.63) is 96.6 Å². The lowest BCUT2D eigenvalue weighted by Crippen LogP contribution is -2.68. The van der Waals surface area contributed by atoms with E-state index in [-0.39, 0.29) is 17.2 Å². The second kappa shape index (κ2) is 11.3. The predicted molar refractivity (Wildman–Crippen MR) is 142 cm³/mol. The first-order valence-electron chi connectivity index (χ1n) is 12.4. The van der Waals surface area contributed by atoms with E-state index in [9.17, 15) is 20.1 Å². The topological polar surface area (TPSA) is 105 Å². The van der Waals surface area contributed by atoms with Crippen LogP contribution >= 0.6 is 0 Å².